The highest BCUT2D eigenvalue weighted by Crippen LogP contribution is 2.39. The Balaban J connectivity index is 0.000000384. The number of likely N-dealkylation sites (N-methyl/N-ethyl adjacent to an activating group) is 2. The summed E-state index contributed by atoms with van der Waals surface area (Å²) in [7, 11) is 5.25. The summed E-state index contributed by atoms with van der Waals surface area (Å²) in [5.41, 5.74) is 4.31. The van der Waals surface area contributed by atoms with E-state index in [-0.39, 0.29) is 66.1 Å². The molecule has 0 saturated carbocycles. The number of likely N-dealkylation sites (tertiary alicyclic amines) is 1. The monoisotopic (exact) mass is 1000 g/mol. The van der Waals surface area contributed by atoms with Crippen molar-refractivity contribution in [3.05, 3.63) is 65.2 Å². The molecule has 3 aromatic carbocycles. The minimum atomic E-state index is -0.725. The average molecular weight is 1000 g/mol. The summed E-state index contributed by atoms with van der Waals surface area (Å²) in [5, 5.41) is 13.9. The SMILES string of the molecule is CCC(CC)SC1CC(=O)N(CCC(C)(C)OCCC(C)C)C1=O.Cc1cccc2c(OC(=O)NCCN(C)C(=O)OCc3ccc(NC(=O)[C@H](C)NC(=O)C(C(C)C)N(C)C)cc3)cc3c(c12)CCN3. The molecule has 1 fully saturated rings. The summed E-state index contributed by atoms with van der Waals surface area (Å²) in [4.78, 5) is 79.9. The highest BCUT2D eigenvalue weighted by Gasteiger charge is 2.40. The van der Waals surface area contributed by atoms with Crippen molar-refractivity contribution in [3.63, 3.8) is 0 Å². The average Bonchev–Trinajstić information content (AvgIpc) is 3.88. The number of rotatable bonds is 23. The van der Waals surface area contributed by atoms with Gasteiger partial charge in [-0.3, -0.25) is 29.0 Å². The van der Waals surface area contributed by atoms with Gasteiger partial charge < -0.3 is 40.4 Å². The smallest absolute Gasteiger partial charge is 0.412 e. The van der Waals surface area contributed by atoms with Crippen molar-refractivity contribution in [2.45, 2.75) is 143 Å². The van der Waals surface area contributed by atoms with Crippen LogP contribution < -0.4 is 26.0 Å². The van der Waals surface area contributed by atoms with Crippen LogP contribution in [0.3, 0.4) is 0 Å². The van der Waals surface area contributed by atoms with Crippen LogP contribution in [0.2, 0.25) is 0 Å². The Kier molecular flexibility index (Phi) is 22.5. The van der Waals surface area contributed by atoms with Crippen LogP contribution in [-0.4, -0.2) is 133 Å². The lowest BCUT2D eigenvalue weighted by Crippen LogP contribution is -2.51. The van der Waals surface area contributed by atoms with Crippen molar-refractivity contribution in [2.24, 2.45) is 11.8 Å². The van der Waals surface area contributed by atoms with Gasteiger partial charge in [-0.25, -0.2) is 9.59 Å². The van der Waals surface area contributed by atoms with E-state index in [9.17, 15) is 28.8 Å². The van der Waals surface area contributed by atoms with E-state index in [0.717, 1.165) is 66.4 Å². The molecule has 2 aliphatic heterocycles. The molecular weight excluding hydrogens is 923 g/mol. The molecule has 6 amide bonds. The summed E-state index contributed by atoms with van der Waals surface area (Å²) >= 11 is 1.68. The first-order chi connectivity index (χ1) is 33.5. The molecule has 17 heteroatoms. The Morgan fingerprint density at radius 3 is 2.28 bits per heavy atom. The number of carbonyl (C=O) groups is 6. The van der Waals surface area contributed by atoms with Gasteiger partial charge in [0.05, 0.1) is 16.9 Å². The minimum Gasteiger partial charge on any atom is -0.445 e. The number of anilines is 2. The first-order valence-corrected chi connectivity index (χ1v) is 26.1. The second-order valence-corrected chi connectivity index (χ2v) is 21.6. The van der Waals surface area contributed by atoms with Crippen molar-refractivity contribution in [1.29, 1.82) is 0 Å². The molecule has 2 unspecified atom stereocenters. The van der Waals surface area contributed by atoms with Crippen LogP contribution in [0.25, 0.3) is 10.8 Å². The molecule has 16 nitrogen and oxygen atoms in total. The number of nitrogens with zero attached hydrogens (tertiary/aromatic N) is 3. The van der Waals surface area contributed by atoms with E-state index in [1.54, 1.807) is 50.0 Å². The number of hydrogen-bond acceptors (Lipinski definition) is 12. The Bertz CT molecular complexity index is 2270. The molecule has 0 radical (unpaired) electrons. The fourth-order valence-corrected chi connectivity index (χ4v) is 9.83. The van der Waals surface area contributed by atoms with Crippen LogP contribution in [0.15, 0.2) is 48.5 Å². The number of amides is 6. The third-order valence-electron chi connectivity index (χ3n) is 12.7. The number of nitrogens with one attached hydrogen (secondary N) is 4. The van der Waals surface area contributed by atoms with Crippen molar-refractivity contribution in [3.8, 4) is 5.75 Å². The number of thioether (sulfide) groups is 1. The molecule has 2 aliphatic rings. The lowest BCUT2D eigenvalue weighted by atomic mass is 9.97. The fourth-order valence-electron chi connectivity index (χ4n) is 8.50. The lowest BCUT2D eigenvalue weighted by molar-refractivity contribution is -0.139. The normalized spacial score (nSPS) is 15.3. The van der Waals surface area contributed by atoms with Gasteiger partial charge in [0.2, 0.25) is 23.6 Å². The van der Waals surface area contributed by atoms with E-state index in [4.69, 9.17) is 14.2 Å². The van der Waals surface area contributed by atoms with E-state index in [1.807, 2.05) is 64.9 Å². The summed E-state index contributed by atoms with van der Waals surface area (Å²) in [6.07, 6.45) is 3.91. The third-order valence-corrected chi connectivity index (χ3v) is 14.5. The van der Waals surface area contributed by atoms with Gasteiger partial charge in [0.15, 0.2) is 0 Å². The van der Waals surface area contributed by atoms with Gasteiger partial charge in [-0.05, 0) is 120 Å². The quantitative estimate of drug-likeness (QED) is 0.0663. The number of imide groups is 1. The second kappa shape index (κ2) is 27.4. The number of fused-ring (bicyclic) bond motifs is 3. The van der Waals surface area contributed by atoms with Crippen molar-refractivity contribution in [1.82, 2.24) is 25.3 Å². The Morgan fingerprint density at radius 1 is 0.958 bits per heavy atom. The van der Waals surface area contributed by atoms with Crippen LogP contribution in [0.5, 0.6) is 5.75 Å². The standard InChI is InChI=1S/C35H46N6O6.C19H35NO3S/c1-21(2)31(40(5)6)33(43)38-23(4)32(42)39-25-13-11-24(12-14-25)20-46-35(45)41(7)18-17-37-34(44)47-29-19-28-26(15-16-36-28)30-22(3)9-8-10-27(29)30;1-7-15(8-2)24-16-13-17(21)20(18(16)22)11-10-19(5,6)23-12-9-14(3)4/h8-14,19,21,23,31,36H,15-18,20H2,1-7H3,(H,37,44)(H,38,43)(H,39,42);14-16H,7-13H2,1-6H3/t23-,31?;/m0./s1. The Morgan fingerprint density at radius 2 is 1.65 bits per heavy atom. The molecule has 2 heterocycles. The first kappa shape index (κ1) is 58.2. The number of benzene rings is 3. The predicted octanol–water partition coefficient (Wildman–Crippen LogP) is 8.77. The van der Waals surface area contributed by atoms with Gasteiger partial charge in [0.1, 0.15) is 18.4 Å². The molecule has 0 aliphatic carbocycles. The van der Waals surface area contributed by atoms with Crippen LogP contribution in [-0.2, 0) is 41.7 Å². The largest absolute Gasteiger partial charge is 0.445 e. The van der Waals surface area contributed by atoms with E-state index in [0.29, 0.717) is 42.0 Å². The molecule has 3 aromatic rings. The first-order valence-electron chi connectivity index (χ1n) is 25.2. The van der Waals surface area contributed by atoms with Crippen molar-refractivity contribution in [2.75, 3.05) is 64.6 Å². The van der Waals surface area contributed by atoms with Crippen LogP contribution in [0.4, 0.5) is 21.0 Å². The van der Waals surface area contributed by atoms with Gasteiger partial charge in [0, 0.05) is 74.3 Å². The highest BCUT2D eigenvalue weighted by molar-refractivity contribution is 8.01. The molecule has 1 saturated heterocycles. The summed E-state index contributed by atoms with van der Waals surface area (Å²) in [5.74, 6) is 0.606. The number of ether oxygens (including phenoxy) is 3. The van der Waals surface area contributed by atoms with Gasteiger partial charge in [0.25, 0.3) is 0 Å². The Labute approximate surface area is 426 Å². The number of aryl methyl sites for hydroxylation is 1. The molecule has 0 aromatic heterocycles. The summed E-state index contributed by atoms with van der Waals surface area (Å²) < 4.78 is 17.0. The van der Waals surface area contributed by atoms with Gasteiger partial charge >= 0.3 is 12.2 Å². The molecule has 5 rings (SSSR count). The lowest BCUT2D eigenvalue weighted by Gasteiger charge is -2.28. The maximum atomic E-state index is 12.7. The molecule has 3 atom stereocenters. The van der Waals surface area contributed by atoms with Crippen LogP contribution in [0, 0.1) is 18.8 Å². The summed E-state index contributed by atoms with van der Waals surface area (Å²) in [6.45, 7) is 22.7. The molecule has 0 spiro atoms. The minimum absolute atomic E-state index is 0.00474. The van der Waals surface area contributed by atoms with E-state index >= 15 is 0 Å². The predicted molar refractivity (Wildman–Crippen MR) is 284 cm³/mol. The number of carbonyl (C=O) groups excluding carboxylic acids is 6. The molecular formula is C54H81N7O9S. The maximum absolute atomic E-state index is 12.7. The third kappa shape index (κ3) is 17.4. The molecule has 0 bridgehead atoms. The topological polar surface area (TPSA) is 188 Å². The van der Waals surface area contributed by atoms with Gasteiger partial charge in [-0.1, -0.05) is 71.9 Å². The van der Waals surface area contributed by atoms with Crippen molar-refractivity contribution >= 4 is 69.7 Å². The van der Waals surface area contributed by atoms with E-state index < -0.39 is 18.2 Å². The highest BCUT2D eigenvalue weighted by atomic mass is 32.2. The maximum Gasteiger partial charge on any atom is 0.412 e. The van der Waals surface area contributed by atoms with Crippen molar-refractivity contribution < 1.29 is 43.0 Å². The van der Waals surface area contributed by atoms with Gasteiger partial charge in [-0.2, -0.15) is 0 Å². The van der Waals surface area contributed by atoms with Crippen LogP contribution in [0.1, 0.15) is 111 Å². The van der Waals surface area contributed by atoms with Crippen LogP contribution >= 0.6 is 11.8 Å². The zero-order valence-corrected chi connectivity index (χ0v) is 45.3. The second-order valence-electron chi connectivity index (χ2n) is 20.1. The van der Waals surface area contributed by atoms with E-state index in [1.165, 1.54) is 15.4 Å². The fraction of sp³-hybridized carbons (Fsp3) is 0.593. The zero-order valence-electron chi connectivity index (χ0n) is 44.5. The van der Waals surface area contributed by atoms with E-state index in [2.05, 4.69) is 62.0 Å². The number of hydrogen-bond donors (Lipinski definition) is 4. The summed E-state index contributed by atoms with van der Waals surface area (Å²) in [6, 6.07) is 13.6. The molecule has 4 N–H and O–H groups in total. The molecule has 392 valence electrons. The zero-order chi connectivity index (χ0) is 52.6. The molecule has 71 heavy (non-hydrogen) atoms. The Hall–Kier alpha value is -5.39. The van der Waals surface area contributed by atoms with Gasteiger partial charge in [-0.15, -0.1) is 11.8 Å².